The maximum absolute atomic E-state index is 12.4. The van der Waals surface area contributed by atoms with Gasteiger partial charge >= 0.3 is 6.03 Å². The van der Waals surface area contributed by atoms with Gasteiger partial charge in [-0.2, -0.15) is 0 Å². The molecule has 0 spiro atoms. The lowest BCUT2D eigenvalue weighted by Gasteiger charge is -2.40. The third-order valence-electron chi connectivity index (χ3n) is 5.09. The van der Waals surface area contributed by atoms with Gasteiger partial charge in [0.25, 0.3) is 0 Å². The standard InChI is InChI=1S/C19H29ClN6O3S/c1-3-4-21-19(28)26-6-5-25(12-14(26)2)16-11-15(20)22-18(23-16)30-13-17(27)24-7-9-29-10-8-24/h11,14H,3-10,12-13H2,1-2H3,(H,21,28). The van der Waals surface area contributed by atoms with E-state index in [9.17, 15) is 9.59 Å². The average Bonchev–Trinajstić information content (AvgIpc) is 2.76. The van der Waals surface area contributed by atoms with E-state index in [4.69, 9.17) is 16.3 Å². The van der Waals surface area contributed by atoms with Crippen LogP contribution in [0.3, 0.4) is 0 Å². The van der Waals surface area contributed by atoms with Crippen molar-refractivity contribution in [1.82, 2.24) is 25.1 Å². The molecule has 3 amide bonds. The van der Waals surface area contributed by atoms with E-state index in [-0.39, 0.29) is 23.7 Å². The second-order valence-corrected chi connectivity index (χ2v) is 8.66. The molecule has 9 nitrogen and oxygen atoms in total. The summed E-state index contributed by atoms with van der Waals surface area (Å²) in [5.74, 6) is 1.03. The molecule has 0 aromatic carbocycles. The number of morpholine rings is 1. The number of anilines is 1. The first-order valence-corrected chi connectivity index (χ1v) is 11.7. The molecule has 166 valence electrons. The van der Waals surface area contributed by atoms with E-state index >= 15 is 0 Å². The van der Waals surface area contributed by atoms with Crippen LogP contribution in [-0.2, 0) is 9.53 Å². The van der Waals surface area contributed by atoms with Crippen LogP contribution in [0.25, 0.3) is 0 Å². The van der Waals surface area contributed by atoms with Crippen LogP contribution in [0.2, 0.25) is 5.15 Å². The highest BCUT2D eigenvalue weighted by molar-refractivity contribution is 7.99. The van der Waals surface area contributed by atoms with Crippen LogP contribution < -0.4 is 10.2 Å². The van der Waals surface area contributed by atoms with Gasteiger partial charge < -0.3 is 24.8 Å². The fraction of sp³-hybridized carbons (Fsp3) is 0.684. The van der Waals surface area contributed by atoms with Crippen molar-refractivity contribution >= 4 is 41.1 Å². The molecular weight excluding hydrogens is 428 g/mol. The Labute approximate surface area is 186 Å². The van der Waals surface area contributed by atoms with Gasteiger partial charge in [-0.05, 0) is 13.3 Å². The molecule has 2 aliphatic rings. The van der Waals surface area contributed by atoms with Crippen LogP contribution in [0.1, 0.15) is 20.3 Å². The highest BCUT2D eigenvalue weighted by atomic mass is 35.5. The van der Waals surface area contributed by atoms with E-state index in [0.29, 0.717) is 62.8 Å². The third-order valence-corrected chi connectivity index (χ3v) is 6.11. The molecule has 1 aromatic rings. The molecule has 1 N–H and O–H groups in total. The van der Waals surface area contributed by atoms with Crippen LogP contribution in [0.5, 0.6) is 0 Å². The minimum atomic E-state index is -0.0254. The van der Waals surface area contributed by atoms with Crippen LogP contribution in [0, 0.1) is 0 Å². The molecule has 11 heteroatoms. The lowest BCUT2D eigenvalue weighted by Crippen LogP contribution is -2.56. The van der Waals surface area contributed by atoms with Crippen molar-refractivity contribution in [2.24, 2.45) is 0 Å². The van der Waals surface area contributed by atoms with E-state index in [2.05, 4.69) is 20.2 Å². The molecule has 0 saturated carbocycles. The second kappa shape index (κ2) is 11.0. The Morgan fingerprint density at radius 2 is 2.03 bits per heavy atom. The first kappa shape index (κ1) is 22.9. The van der Waals surface area contributed by atoms with E-state index in [1.54, 1.807) is 11.0 Å². The SMILES string of the molecule is CCCNC(=O)N1CCN(c2cc(Cl)nc(SCC(=O)N3CCOCC3)n2)CC1C. The number of aromatic nitrogens is 2. The molecule has 2 saturated heterocycles. The lowest BCUT2D eigenvalue weighted by molar-refractivity contribution is -0.132. The van der Waals surface area contributed by atoms with Crippen LogP contribution >= 0.6 is 23.4 Å². The van der Waals surface area contributed by atoms with Gasteiger partial charge in [0.1, 0.15) is 11.0 Å². The van der Waals surface area contributed by atoms with Gasteiger partial charge in [-0.3, -0.25) is 4.79 Å². The Morgan fingerprint density at radius 1 is 1.27 bits per heavy atom. The fourth-order valence-corrected chi connectivity index (χ4v) is 4.43. The number of carbonyl (C=O) groups excluding carboxylic acids is 2. The van der Waals surface area contributed by atoms with Gasteiger partial charge in [0.2, 0.25) is 5.91 Å². The lowest BCUT2D eigenvalue weighted by atomic mass is 10.2. The number of nitrogens with one attached hydrogen (secondary N) is 1. The highest BCUT2D eigenvalue weighted by Gasteiger charge is 2.28. The monoisotopic (exact) mass is 456 g/mol. The van der Waals surface area contributed by atoms with Crippen molar-refractivity contribution in [3.05, 3.63) is 11.2 Å². The summed E-state index contributed by atoms with van der Waals surface area (Å²) in [6, 6.07) is 1.75. The molecule has 1 unspecified atom stereocenters. The predicted molar refractivity (Wildman–Crippen MR) is 117 cm³/mol. The molecular formula is C19H29ClN6O3S. The topological polar surface area (TPSA) is 90.9 Å². The van der Waals surface area contributed by atoms with Crippen molar-refractivity contribution in [3.8, 4) is 0 Å². The van der Waals surface area contributed by atoms with E-state index in [1.807, 2.05) is 18.7 Å². The Bertz CT molecular complexity index is 749. The van der Waals surface area contributed by atoms with Gasteiger partial charge in [-0.1, -0.05) is 30.3 Å². The summed E-state index contributed by atoms with van der Waals surface area (Å²) in [5.41, 5.74) is 0. The summed E-state index contributed by atoms with van der Waals surface area (Å²) in [7, 11) is 0. The number of hydrogen-bond acceptors (Lipinski definition) is 7. The fourth-order valence-electron chi connectivity index (χ4n) is 3.44. The highest BCUT2D eigenvalue weighted by Crippen LogP contribution is 2.24. The average molecular weight is 457 g/mol. The molecule has 1 aromatic heterocycles. The van der Waals surface area contributed by atoms with Crippen LogP contribution in [0.4, 0.5) is 10.6 Å². The number of halogens is 1. The molecule has 3 rings (SSSR count). The third kappa shape index (κ3) is 6.12. The van der Waals surface area contributed by atoms with Gasteiger partial charge in [0, 0.05) is 51.4 Å². The quantitative estimate of drug-likeness (QED) is 0.396. The number of amides is 3. The maximum Gasteiger partial charge on any atom is 0.317 e. The number of carbonyl (C=O) groups is 2. The molecule has 2 aliphatic heterocycles. The predicted octanol–water partition coefficient (Wildman–Crippen LogP) is 1.71. The molecule has 0 aliphatic carbocycles. The van der Waals surface area contributed by atoms with Gasteiger partial charge in [-0.25, -0.2) is 14.8 Å². The first-order chi connectivity index (χ1) is 14.5. The van der Waals surface area contributed by atoms with Crippen LogP contribution in [-0.4, -0.2) is 96.0 Å². The van der Waals surface area contributed by atoms with E-state index < -0.39 is 0 Å². The van der Waals surface area contributed by atoms with Gasteiger partial charge in [-0.15, -0.1) is 0 Å². The summed E-state index contributed by atoms with van der Waals surface area (Å²) in [6.07, 6.45) is 0.911. The Hall–Kier alpha value is -1.78. The number of urea groups is 1. The van der Waals surface area contributed by atoms with Crippen molar-refractivity contribution < 1.29 is 14.3 Å². The van der Waals surface area contributed by atoms with Gasteiger partial charge in [0.05, 0.1) is 19.0 Å². The van der Waals surface area contributed by atoms with Crippen molar-refractivity contribution in [1.29, 1.82) is 0 Å². The zero-order valence-corrected chi connectivity index (χ0v) is 19.0. The normalized spacial score (nSPS) is 19.7. The van der Waals surface area contributed by atoms with Crippen molar-refractivity contribution in [2.45, 2.75) is 31.5 Å². The molecule has 30 heavy (non-hydrogen) atoms. The molecule has 3 heterocycles. The zero-order chi connectivity index (χ0) is 21.5. The van der Waals surface area contributed by atoms with E-state index in [0.717, 1.165) is 12.2 Å². The Balaban J connectivity index is 1.58. The van der Waals surface area contributed by atoms with Gasteiger partial charge in [0.15, 0.2) is 5.16 Å². The summed E-state index contributed by atoms with van der Waals surface area (Å²) >= 11 is 7.52. The number of rotatable bonds is 6. The summed E-state index contributed by atoms with van der Waals surface area (Å²) in [5, 5.41) is 3.76. The second-order valence-electron chi connectivity index (χ2n) is 7.33. The first-order valence-electron chi connectivity index (χ1n) is 10.3. The number of thioether (sulfide) groups is 1. The smallest absolute Gasteiger partial charge is 0.317 e. The molecule has 1 atom stereocenters. The number of hydrogen-bond donors (Lipinski definition) is 1. The number of piperazine rings is 1. The Morgan fingerprint density at radius 3 is 2.73 bits per heavy atom. The Kier molecular flexibility index (Phi) is 8.41. The van der Waals surface area contributed by atoms with Crippen molar-refractivity contribution in [2.75, 3.05) is 63.1 Å². The minimum Gasteiger partial charge on any atom is -0.378 e. The molecule has 0 bridgehead atoms. The molecule has 0 radical (unpaired) electrons. The largest absolute Gasteiger partial charge is 0.378 e. The minimum absolute atomic E-state index is 0.0254. The van der Waals surface area contributed by atoms with E-state index in [1.165, 1.54) is 11.8 Å². The summed E-state index contributed by atoms with van der Waals surface area (Å²) in [6.45, 7) is 9.06. The van der Waals surface area contributed by atoms with Crippen molar-refractivity contribution in [3.63, 3.8) is 0 Å². The summed E-state index contributed by atoms with van der Waals surface area (Å²) < 4.78 is 5.28. The zero-order valence-electron chi connectivity index (χ0n) is 17.5. The maximum atomic E-state index is 12.4. The molecule has 2 fully saturated rings. The number of nitrogens with zero attached hydrogens (tertiary/aromatic N) is 5. The number of ether oxygens (including phenoxy) is 1. The summed E-state index contributed by atoms with van der Waals surface area (Å²) in [4.78, 5) is 39.3. The van der Waals surface area contributed by atoms with Crippen LogP contribution in [0.15, 0.2) is 11.2 Å².